The molecule has 43 heavy (non-hydrogen) atoms. The first kappa shape index (κ1) is 30.5. The molecule has 3 N–H and O–H groups in total. The highest BCUT2D eigenvalue weighted by Gasteiger charge is 2.18. The van der Waals surface area contributed by atoms with Crippen LogP contribution < -0.4 is 15.4 Å². The van der Waals surface area contributed by atoms with E-state index in [1.54, 1.807) is 13.4 Å². The number of hydrogen-bond donors (Lipinski definition) is 3. The van der Waals surface area contributed by atoms with Crippen LogP contribution >= 0.6 is 0 Å². The molecule has 1 aliphatic rings. The Balaban J connectivity index is 1.32. The predicted octanol–water partition coefficient (Wildman–Crippen LogP) is 3.34. The summed E-state index contributed by atoms with van der Waals surface area (Å²) in [6, 6.07) is 15.7. The standard InChI is InChI=1S/C30H38N8O4S/c1-42-20-8-16-33-43(40,41)25-13-11-24(12-14-25)29(39)36-30-34-27(31-15-7-19-37-17-5-6-18-37)26-28(35-30)38(22-32-26)21-23-9-3-2-4-10-23/h2-4,9-14,22,33H,5-8,15-21H2,1H3,(H2,31,34,35,36,39). The van der Waals surface area contributed by atoms with Crippen LogP contribution in [-0.4, -0.2) is 85.2 Å². The van der Waals surface area contributed by atoms with E-state index in [1.807, 2.05) is 34.9 Å². The summed E-state index contributed by atoms with van der Waals surface area (Å²) >= 11 is 0. The zero-order valence-electron chi connectivity index (χ0n) is 24.3. The van der Waals surface area contributed by atoms with Gasteiger partial charge >= 0.3 is 0 Å². The third-order valence-corrected chi connectivity index (χ3v) is 8.75. The van der Waals surface area contributed by atoms with Gasteiger partial charge in [0.15, 0.2) is 17.0 Å². The zero-order chi connectivity index (χ0) is 30.1. The number of imidazole rings is 1. The van der Waals surface area contributed by atoms with Crippen LogP contribution in [0.3, 0.4) is 0 Å². The largest absolute Gasteiger partial charge is 0.385 e. The number of amides is 1. The Bertz CT molecular complexity index is 1600. The fourth-order valence-electron chi connectivity index (χ4n) is 5.00. The first-order valence-electron chi connectivity index (χ1n) is 14.6. The van der Waals surface area contributed by atoms with Gasteiger partial charge < -0.3 is 19.5 Å². The number of nitrogens with zero attached hydrogens (tertiary/aromatic N) is 5. The lowest BCUT2D eigenvalue weighted by atomic mass is 10.2. The Morgan fingerprint density at radius 3 is 2.49 bits per heavy atom. The van der Waals surface area contributed by atoms with Crippen molar-refractivity contribution in [3.8, 4) is 0 Å². The van der Waals surface area contributed by atoms with Crippen LogP contribution in [-0.2, 0) is 21.3 Å². The highest BCUT2D eigenvalue weighted by molar-refractivity contribution is 7.89. The van der Waals surface area contributed by atoms with Crippen LogP contribution in [0.4, 0.5) is 11.8 Å². The second-order valence-corrected chi connectivity index (χ2v) is 12.2. The van der Waals surface area contributed by atoms with E-state index in [0.717, 1.165) is 31.6 Å². The van der Waals surface area contributed by atoms with E-state index in [0.29, 0.717) is 43.1 Å². The first-order valence-corrected chi connectivity index (χ1v) is 16.0. The number of methoxy groups -OCH3 is 1. The summed E-state index contributed by atoms with van der Waals surface area (Å²) in [5.41, 5.74) is 2.59. The van der Waals surface area contributed by atoms with E-state index in [4.69, 9.17) is 4.74 Å². The van der Waals surface area contributed by atoms with Gasteiger partial charge in [-0.1, -0.05) is 30.3 Å². The van der Waals surface area contributed by atoms with Gasteiger partial charge in [-0.25, -0.2) is 18.1 Å². The quantitative estimate of drug-likeness (QED) is 0.174. The van der Waals surface area contributed by atoms with Crippen LogP contribution in [0.5, 0.6) is 0 Å². The number of hydrogen-bond acceptors (Lipinski definition) is 9. The summed E-state index contributed by atoms with van der Waals surface area (Å²) in [6.45, 7) is 5.29. The summed E-state index contributed by atoms with van der Waals surface area (Å²) in [7, 11) is -2.13. The van der Waals surface area contributed by atoms with Crippen molar-refractivity contribution in [3.05, 3.63) is 72.1 Å². The first-order chi connectivity index (χ1) is 20.9. The number of benzene rings is 2. The van der Waals surface area contributed by atoms with Crippen molar-refractivity contribution in [2.45, 2.75) is 37.1 Å². The summed E-state index contributed by atoms with van der Waals surface area (Å²) in [6.07, 6.45) is 5.75. The molecular weight excluding hydrogens is 568 g/mol. The van der Waals surface area contributed by atoms with E-state index in [2.05, 4.69) is 35.2 Å². The number of carbonyl (C=O) groups excluding carboxylic acids is 1. The fourth-order valence-corrected chi connectivity index (χ4v) is 6.07. The monoisotopic (exact) mass is 606 g/mol. The minimum Gasteiger partial charge on any atom is -0.385 e. The van der Waals surface area contributed by atoms with Gasteiger partial charge in [0.25, 0.3) is 5.91 Å². The maximum Gasteiger partial charge on any atom is 0.258 e. The van der Waals surface area contributed by atoms with Gasteiger partial charge in [-0.2, -0.15) is 9.97 Å². The van der Waals surface area contributed by atoms with Gasteiger partial charge in [-0.3, -0.25) is 10.1 Å². The van der Waals surface area contributed by atoms with Gasteiger partial charge in [0.2, 0.25) is 16.0 Å². The Morgan fingerprint density at radius 2 is 1.74 bits per heavy atom. The molecule has 0 aliphatic carbocycles. The summed E-state index contributed by atoms with van der Waals surface area (Å²) in [5, 5.41) is 6.19. The second-order valence-electron chi connectivity index (χ2n) is 10.5. The van der Waals surface area contributed by atoms with Crippen molar-refractivity contribution in [3.63, 3.8) is 0 Å². The summed E-state index contributed by atoms with van der Waals surface area (Å²) < 4.78 is 34.5. The fraction of sp³-hybridized carbons (Fsp3) is 0.400. The van der Waals surface area contributed by atoms with Crippen molar-refractivity contribution in [1.82, 2.24) is 29.1 Å². The smallest absolute Gasteiger partial charge is 0.258 e. The number of likely N-dealkylation sites (tertiary alicyclic amines) is 1. The molecule has 4 aromatic rings. The average Bonchev–Trinajstić information content (AvgIpc) is 3.68. The van der Waals surface area contributed by atoms with Crippen LogP contribution in [0, 0.1) is 0 Å². The third kappa shape index (κ3) is 8.14. The highest BCUT2D eigenvalue weighted by Crippen LogP contribution is 2.23. The summed E-state index contributed by atoms with van der Waals surface area (Å²) in [5.74, 6) is 0.228. The molecule has 0 saturated carbocycles. The SMILES string of the molecule is COCCCNS(=O)(=O)c1ccc(C(=O)Nc2nc(NCCCN3CCCC3)c3ncn(Cc4ccccc4)c3n2)cc1. The summed E-state index contributed by atoms with van der Waals surface area (Å²) in [4.78, 5) is 29.6. The number of aromatic nitrogens is 4. The molecule has 0 bridgehead atoms. The minimum atomic E-state index is -3.70. The van der Waals surface area contributed by atoms with Gasteiger partial charge in [0, 0.05) is 32.4 Å². The highest BCUT2D eigenvalue weighted by atomic mass is 32.2. The number of carbonyl (C=O) groups is 1. The minimum absolute atomic E-state index is 0.0735. The maximum atomic E-state index is 13.2. The van der Waals surface area contributed by atoms with E-state index >= 15 is 0 Å². The molecule has 1 saturated heterocycles. The van der Waals surface area contributed by atoms with E-state index in [1.165, 1.54) is 37.1 Å². The molecule has 0 spiro atoms. The van der Waals surface area contributed by atoms with Crippen molar-refractivity contribution >= 4 is 38.9 Å². The normalized spacial score (nSPS) is 13.9. The molecule has 3 heterocycles. The third-order valence-electron chi connectivity index (χ3n) is 7.27. The molecule has 5 rings (SSSR count). The number of fused-ring (bicyclic) bond motifs is 1. The van der Waals surface area contributed by atoms with Gasteiger partial charge in [0.05, 0.1) is 17.8 Å². The average molecular weight is 607 g/mol. The Hall–Kier alpha value is -3.91. The lowest BCUT2D eigenvalue weighted by Gasteiger charge is -2.15. The lowest BCUT2D eigenvalue weighted by Crippen LogP contribution is -2.25. The Kier molecular flexibility index (Phi) is 10.3. The number of rotatable bonds is 15. The number of ether oxygens (including phenoxy) is 1. The van der Waals surface area contributed by atoms with Crippen molar-refractivity contribution in [2.75, 3.05) is 57.1 Å². The molecule has 13 heteroatoms. The zero-order valence-corrected chi connectivity index (χ0v) is 25.1. The van der Waals surface area contributed by atoms with Gasteiger partial charge in [0.1, 0.15) is 0 Å². The van der Waals surface area contributed by atoms with Crippen molar-refractivity contribution < 1.29 is 17.9 Å². The van der Waals surface area contributed by atoms with Gasteiger partial charge in [-0.05, 0) is 75.1 Å². The molecule has 1 aliphatic heterocycles. The molecule has 1 fully saturated rings. The molecule has 1 amide bonds. The van der Waals surface area contributed by atoms with Gasteiger partial charge in [-0.15, -0.1) is 0 Å². The second kappa shape index (κ2) is 14.5. The molecule has 2 aromatic carbocycles. The number of sulfonamides is 1. The van der Waals surface area contributed by atoms with Crippen LogP contribution in [0.25, 0.3) is 11.2 Å². The molecule has 12 nitrogen and oxygen atoms in total. The predicted molar refractivity (Wildman–Crippen MR) is 166 cm³/mol. The Morgan fingerprint density at radius 1 is 0.977 bits per heavy atom. The van der Waals surface area contributed by atoms with E-state index in [-0.39, 0.29) is 23.0 Å². The van der Waals surface area contributed by atoms with Crippen LogP contribution in [0.15, 0.2) is 65.8 Å². The van der Waals surface area contributed by atoms with E-state index < -0.39 is 15.9 Å². The molecular formula is C30H38N8O4S. The Labute approximate surface area is 251 Å². The van der Waals surface area contributed by atoms with Crippen LogP contribution in [0.2, 0.25) is 0 Å². The van der Waals surface area contributed by atoms with E-state index in [9.17, 15) is 13.2 Å². The lowest BCUT2D eigenvalue weighted by molar-refractivity contribution is 0.102. The molecule has 0 unspecified atom stereocenters. The molecule has 0 atom stereocenters. The molecule has 2 aromatic heterocycles. The van der Waals surface area contributed by atoms with Crippen LogP contribution in [0.1, 0.15) is 41.6 Å². The molecule has 228 valence electrons. The maximum absolute atomic E-state index is 13.2. The molecule has 0 radical (unpaired) electrons. The number of nitrogens with one attached hydrogen (secondary N) is 3. The van der Waals surface area contributed by atoms with Crippen molar-refractivity contribution in [2.24, 2.45) is 0 Å². The number of anilines is 2. The topological polar surface area (TPSA) is 143 Å². The van der Waals surface area contributed by atoms with Crippen molar-refractivity contribution in [1.29, 1.82) is 0 Å².